The second-order valence-electron chi connectivity index (χ2n) is 5.75. The van der Waals surface area contributed by atoms with Crippen molar-refractivity contribution < 1.29 is 9.18 Å². The van der Waals surface area contributed by atoms with Gasteiger partial charge in [-0.1, -0.05) is 41.6 Å². The Kier molecular flexibility index (Phi) is 6.27. The van der Waals surface area contributed by atoms with E-state index in [1.807, 2.05) is 0 Å². The van der Waals surface area contributed by atoms with Gasteiger partial charge in [0.15, 0.2) is 0 Å². The molecule has 144 valence electrons. The molecular weight excluding hydrogens is 405 g/mol. The third kappa shape index (κ3) is 5.08. The van der Waals surface area contributed by atoms with Gasteiger partial charge in [-0.15, -0.1) is 10.2 Å². The molecule has 0 atom stereocenters. The summed E-state index contributed by atoms with van der Waals surface area (Å²) in [7, 11) is 0. The molecule has 3 N–H and O–H groups in total. The molecule has 0 aliphatic heterocycles. The largest absolute Gasteiger partial charge is 0.334 e. The summed E-state index contributed by atoms with van der Waals surface area (Å²) in [6.45, 7) is 0. The maximum Gasteiger partial charge on any atom is 0.294 e. The molecule has 28 heavy (non-hydrogen) atoms. The van der Waals surface area contributed by atoms with Gasteiger partial charge in [0.2, 0.25) is 11.1 Å². The Balaban J connectivity index is 1.64. The summed E-state index contributed by atoms with van der Waals surface area (Å²) < 4.78 is 14.0. The number of hydrogen-bond donors (Lipinski definition) is 2. The van der Waals surface area contributed by atoms with Gasteiger partial charge in [0.25, 0.3) is 5.56 Å². The zero-order valence-corrected chi connectivity index (χ0v) is 16.0. The van der Waals surface area contributed by atoms with Crippen LogP contribution >= 0.6 is 23.4 Å². The number of thioether (sulfide) groups is 1. The molecular formula is C18H15ClFN5O2S. The molecule has 2 aromatic carbocycles. The third-order valence-corrected chi connectivity index (χ3v) is 4.85. The number of nitrogens with one attached hydrogen (secondary N) is 1. The summed E-state index contributed by atoms with van der Waals surface area (Å²) in [5, 5.41) is 11.1. The van der Waals surface area contributed by atoms with Crippen LogP contribution in [0.3, 0.4) is 0 Å². The number of nitrogen functional groups attached to an aromatic ring is 1. The van der Waals surface area contributed by atoms with Crippen molar-refractivity contribution in [1.29, 1.82) is 0 Å². The van der Waals surface area contributed by atoms with Gasteiger partial charge < -0.3 is 11.2 Å². The van der Waals surface area contributed by atoms with E-state index in [-0.39, 0.29) is 23.0 Å². The normalized spacial score (nSPS) is 10.6. The summed E-state index contributed by atoms with van der Waals surface area (Å²) >= 11 is 6.79. The van der Waals surface area contributed by atoms with Crippen LogP contribution < -0.4 is 16.7 Å². The summed E-state index contributed by atoms with van der Waals surface area (Å²) in [6.07, 6.45) is 0.255. The van der Waals surface area contributed by atoms with Crippen molar-refractivity contribution in [3.05, 3.63) is 81.0 Å². The van der Waals surface area contributed by atoms with E-state index in [9.17, 15) is 14.0 Å². The van der Waals surface area contributed by atoms with Gasteiger partial charge in [-0.2, -0.15) is 4.68 Å². The SMILES string of the molecule is Nn1c(SCC(=O)Nc2cccc(F)c2)nnc(Cc2ccc(Cl)cc2)c1=O. The summed E-state index contributed by atoms with van der Waals surface area (Å²) in [5.41, 5.74) is 0.849. The number of carbonyl (C=O) groups is 1. The molecule has 0 saturated carbocycles. The maximum atomic E-state index is 13.1. The molecule has 7 nitrogen and oxygen atoms in total. The Hall–Kier alpha value is -2.91. The summed E-state index contributed by atoms with van der Waals surface area (Å²) in [5.74, 6) is 4.88. The minimum absolute atomic E-state index is 0.0711. The lowest BCUT2D eigenvalue weighted by molar-refractivity contribution is -0.113. The molecule has 0 radical (unpaired) electrons. The fourth-order valence-corrected chi connectivity index (χ4v) is 3.10. The lowest BCUT2D eigenvalue weighted by Crippen LogP contribution is -2.34. The van der Waals surface area contributed by atoms with E-state index in [1.54, 1.807) is 30.3 Å². The molecule has 0 aliphatic rings. The van der Waals surface area contributed by atoms with Crippen molar-refractivity contribution in [3.8, 4) is 0 Å². The maximum absolute atomic E-state index is 13.1. The number of rotatable bonds is 6. The predicted molar refractivity (Wildman–Crippen MR) is 106 cm³/mol. The van der Waals surface area contributed by atoms with E-state index in [4.69, 9.17) is 17.4 Å². The van der Waals surface area contributed by atoms with Crippen LogP contribution in [-0.4, -0.2) is 26.5 Å². The highest BCUT2D eigenvalue weighted by atomic mass is 35.5. The number of nitrogens with two attached hydrogens (primary N) is 1. The van der Waals surface area contributed by atoms with Crippen molar-refractivity contribution in [2.24, 2.45) is 0 Å². The fourth-order valence-electron chi connectivity index (χ4n) is 2.32. The van der Waals surface area contributed by atoms with Gasteiger partial charge in [-0.3, -0.25) is 9.59 Å². The first-order valence-electron chi connectivity index (χ1n) is 8.09. The number of carbonyl (C=O) groups excluding carboxylic acids is 1. The molecule has 3 aromatic rings. The first-order valence-corrected chi connectivity index (χ1v) is 9.45. The molecule has 0 unspecified atom stereocenters. The first-order chi connectivity index (χ1) is 13.4. The van der Waals surface area contributed by atoms with Crippen molar-refractivity contribution in [3.63, 3.8) is 0 Å². The van der Waals surface area contributed by atoms with Crippen LogP contribution in [0.4, 0.5) is 10.1 Å². The number of halogens is 2. The van der Waals surface area contributed by atoms with Crippen LogP contribution in [0.2, 0.25) is 5.02 Å². The van der Waals surface area contributed by atoms with Crippen LogP contribution in [0.5, 0.6) is 0 Å². The summed E-state index contributed by atoms with van der Waals surface area (Å²) in [4.78, 5) is 24.4. The number of amides is 1. The standard InChI is InChI=1S/C18H15ClFN5O2S/c19-12-6-4-11(5-7-12)8-15-17(27)25(21)18(24-23-15)28-10-16(26)22-14-3-1-2-13(20)9-14/h1-7,9H,8,10,21H2,(H,22,26). The molecule has 0 aliphatic carbocycles. The van der Waals surface area contributed by atoms with E-state index in [1.165, 1.54) is 18.2 Å². The molecule has 0 bridgehead atoms. The lowest BCUT2D eigenvalue weighted by atomic mass is 10.1. The van der Waals surface area contributed by atoms with Crippen LogP contribution in [0.25, 0.3) is 0 Å². The molecule has 0 fully saturated rings. The second-order valence-corrected chi connectivity index (χ2v) is 7.13. The molecule has 10 heteroatoms. The highest BCUT2D eigenvalue weighted by molar-refractivity contribution is 7.99. The molecule has 1 amide bonds. The fraction of sp³-hybridized carbons (Fsp3) is 0.111. The van der Waals surface area contributed by atoms with E-state index in [0.717, 1.165) is 22.0 Å². The van der Waals surface area contributed by atoms with Crippen molar-refractivity contribution in [2.75, 3.05) is 16.9 Å². The van der Waals surface area contributed by atoms with Crippen molar-refractivity contribution >= 4 is 35.0 Å². The molecule has 0 saturated heterocycles. The molecule has 1 aromatic heterocycles. The minimum atomic E-state index is -0.502. The van der Waals surface area contributed by atoms with Gasteiger partial charge in [-0.05, 0) is 35.9 Å². The van der Waals surface area contributed by atoms with Crippen LogP contribution in [0.1, 0.15) is 11.3 Å². The van der Waals surface area contributed by atoms with Gasteiger partial charge in [-0.25, -0.2) is 4.39 Å². The Labute approximate surface area is 168 Å². The summed E-state index contributed by atoms with van der Waals surface area (Å²) in [6, 6.07) is 12.5. The molecule has 3 rings (SSSR count). The van der Waals surface area contributed by atoms with Crippen LogP contribution in [-0.2, 0) is 11.2 Å². The van der Waals surface area contributed by atoms with Crippen LogP contribution in [0.15, 0.2) is 58.5 Å². The third-order valence-electron chi connectivity index (χ3n) is 3.65. The molecule has 0 spiro atoms. The van der Waals surface area contributed by atoms with Gasteiger partial charge in [0.1, 0.15) is 11.5 Å². The second kappa shape index (κ2) is 8.85. The smallest absolute Gasteiger partial charge is 0.294 e. The van der Waals surface area contributed by atoms with E-state index in [2.05, 4.69) is 15.5 Å². The Morgan fingerprint density at radius 3 is 2.68 bits per heavy atom. The van der Waals surface area contributed by atoms with Crippen molar-refractivity contribution in [1.82, 2.24) is 14.9 Å². The Morgan fingerprint density at radius 2 is 1.96 bits per heavy atom. The van der Waals surface area contributed by atoms with Gasteiger partial charge >= 0.3 is 0 Å². The quantitative estimate of drug-likeness (QED) is 0.470. The first kappa shape index (κ1) is 19.8. The number of nitrogens with zero attached hydrogens (tertiary/aromatic N) is 3. The predicted octanol–water partition coefficient (Wildman–Crippen LogP) is 2.47. The average molecular weight is 420 g/mol. The zero-order chi connectivity index (χ0) is 20.1. The van der Waals surface area contributed by atoms with E-state index >= 15 is 0 Å². The van der Waals surface area contributed by atoms with E-state index in [0.29, 0.717) is 10.7 Å². The Morgan fingerprint density at radius 1 is 1.21 bits per heavy atom. The van der Waals surface area contributed by atoms with Gasteiger partial charge in [0.05, 0.1) is 5.75 Å². The lowest BCUT2D eigenvalue weighted by Gasteiger charge is -2.08. The van der Waals surface area contributed by atoms with Gasteiger partial charge in [0, 0.05) is 17.1 Å². The topological polar surface area (TPSA) is 103 Å². The van der Waals surface area contributed by atoms with Crippen LogP contribution in [0, 0.1) is 5.82 Å². The molecule has 1 heterocycles. The number of anilines is 1. The van der Waals surface area contributed by atoms with Crippen molar-refractivity contribution in [2.45, 2.75) is 11.6 Å². The monoisotopic (exact) mass is 419 g/mol. The van der Waals surface area contributed by atoms with E-state index < -0.39 is 17.3 Å². The highest BCUT2D eigenvalue weighted by Gasteiger charge is 2.13. The highest BCUT2D eigenvalue weighted by Crippen LogP contribution is 2.15. The number of hydrogen-bond acceptors (Lipinski definition) is 6. The Bertz CT molecular complexity index is 1060. The number of aromatic nitrogens is 3. The number of benzene rings is 2. The average Bonchev–Trinajstić information content (AvgIpc) is 2.66. The zero-order valence-electron chi connectivity index (χ0n) is 14.4. The minimum Gasteiger partial charge on any atom is -0.334 e.